The first-order valence-electron chi connectivity index (χ1n) is 16.2. The van der Waals surface area contributed by atoms with Gasteiger partial charge < -0.3 is 28.4 Å². The number of fused-ring (bicyclic) bond motifs is 1. The Balaban J connectivity index is 2.13. The molecular weight excluding hydrogens is 660 g/mol. The Morgan fingerprint density at radius 3 is 1.57 bits per heavy atom. The molecule has 3 unspecified atom stereocenters. The molecule has 0 aromatic heterocycles. The van der Waals surface area contributed by atoms with E-state index in [0.717, 1.165) is 53.8 Å². The van der Waals surface area contributed by atoms with E-state index in [-0.39, 0.29) is 6.42 Å². The van der Waals surface area contributed by atoms with Crippen LogP contribution in [-0.2, 0) is 57.2 Å². The van der Waals surface area contributed by atoms with Gasteiger partial charge in [-0.3, -0.25) is 28.8 Å². The molecule has 0 fully saturated rings. The third-order valence-corrected chi connectivity index (χ3v) is 10.0. The van der Waals surface area contributed by atoms with Crippen LogP contribution in [0.25, 0.3) is 0 Å². The molecule has 3 aromatic rings. The summed E-state index contributed by atoms with van der Waals surface area (Å²) in [5.74, 6) is -10.8. The minimum Gasteiger partial charge on any atom is -0.468 e. The van der Waals surface area contributed by atoms with E-state index in [2.05, 4.69) is 0 Å². The van der Waals surface area contributed by atoms with Crippen LogP contribution >= 0.6 is 0 Å². The molecule has 4 rings (SSSR count). The first kappa shape index (κ1) is 38.3. The van der Waals surface area contributed by atoms with Crippen LogP contribution in [0.5, 0.6) is 0 Å². The fourth-order valence-electron chi connectivity index (χ4n) is 7.63. The van der Waals surface area contributed by atoms with Gasteiger partial charge in [-0.15, -0.1) is 0 Å². The number of carbonyl (C=O) groups excluding carboxylic acids is 6. The molecule has 1 aliphatic rings. The van der Waals surface area contributed by atoms with E-state index in [9.17, 15) is 28.8 Å². The first-order chi connectivity index (χ1) is 24.5. The Hall–Kier alpha value is -5.52. The second-order valence-electron chi connectivity index (χ2n) is 12.3. The Morgan fingerprint density at radius 1 is 0.627 bits per heavy atom. The molecule has 0 N–H and O–H groups in total. The minimum atomic E-state index is -2.39. The average molecular weight is 703 g/mol. The van der Waals surface area contributed by atoms with Crippen molar-refractivity contribution in [3.05, 3.63) is 107 Å². The quantitative estimate of drug-likeness (QED) is 0.140. The zero-order valence-electron chi connectivity index (χ0n) is 29.4. The van der Waals surface area contributed by atoms with Gasteiger partial charge in [0, 0.05) is 17.8 Å². The summed E-state index contributed by atoms with van der Waals surface area (Å²) in [5.41, 5.74) is -2.16. The molecule has 0 spiro atoms. The summed E-state index contributed by atoms with van der Waals surface area (Å²) in [7, 11) is 6.61. The van der Waals surface area contributed by atoms with Crippen molar-refractivity contribution in [2.45, 2.75) is 37.0 Å². The van der Waals surface area contributed by atoms with Crippen LogP contribution in [0.4, 0.5) is 0 Å². The molecule has 270 valence electrons. The minimum absolute atomic E-state index is 0.153. The normalized spacial score (nSPS) is 16.8. The summed E-state index contributed by atoms with van der Waals surface area (Å²) in [6, 6.07) is 24.6. The molecule has 0 saturated heterocycles. The molecule has 3 aromatic carbocycles. The van der Waals surface area contributed by atoms with Gasteiger partial charge in [-0.2, -0.15) is 0 Å². The van der Waals surface area contributed by atoms with Crippen molar-refractivity contribution in [1.29, 1.82) is 0 Å². The summed E-state index contributed by atoms with van der Waals surface area (Å²) in [4.78, 5) is 83.6. The highest BCUT2D eigenvalue weighted by Gasteiger charge is 2.65. The van der Waals surface area contributed by atoms with Crippen molar-refractivity contribution in [1.82, 2.24) is 0 Å². The Kier molecular flexibility index (Phi) is 12.4. The average Bonchev–Trinajstić information content (AvgIpc) is 3.19. The Labute approximate surface area is 296 Å². The summed E-state index contributed by atoms with van der Waals surface area (Å²) in [5, 5.41) is 0. The van der Waals surface area contributed by atoms with Crippen LogP contribution in [0.2, 0.25) is 0 Å². The van der Waals surface area contributed by atoms with Gasteiger partial charge in [0.1, 0.15) is 0 Å². The molecular formula is C39H42O12. The van der Waals surface area contributed by atoms with Crippen LogP contribution in [-0.4, -0.2) is 78.5 Å². The number of ether oxygens (including phenoxy) is 6. The van der Waals surface area contributed by atoms with Crippen LogP contribution in [0.15, 0.2) is 84.9 Å². The van der Waals surface area contributed by atoms with Gasteiger partial charge in [-0.1, -0.05) is 84.9 Å². The summed E-state index contributed by atoms with van der Waals surface area (Å²) in [6.07, 6.45) is -1.22. The van der Waals surface area contributed by atoms with Gasteiger partial charge in [0.05, 0.1) is 42.7 Å². The zero-order valence-corrected chi connectivity index (χ0v) is 29.4. The molecule has 3 atom stereocenters. The number of hydrogen-bond acceptors (Lipinski definition) is 12. The number of esters is 6. The highest BCUT2D eigenvalue weighted by atomic mass is 16.6. The van der Waals surface area contributed by atoms with Crippen LogP contribution in [0.3, 0.4) is 0 Å². The zero-order chi connectivity index (χ0) is 37.3. The third-order valence-electron chi connectivity index (χ3n) is 10.0. The maximum atomic E-state index is 14.5. The topological polar surface area (TPSA) is 158 Å². The Morgan fingerprint density at radius 2 is 1.10 bits per heavy atom. The van der Waals surface area contributed by atoms with E-state index in [4.69, 9.17) is 28.4 Å². The van der Waals surface area contributed by atoms with Crippen LogP contribution < -0.4 is 0 Å². The molecule has 1 aliphatic carbocycles. The van der Waals surface area contributed by atoms with Gasteiger partial charge in [-0.05, 0) is 41.5 Å². The second-order valence-corrected chi connectivity index (χ2v) is 12.3. The highest BCUT2D eigenvalue weighted by molar-refractivity contribution is 6.04. The van der Waals surface area contributed by atoms with Crippen molar-refractivity contribution < 1.29 is 57.2 Å². The number of carbonyl (C=O) groups is 6. The van der Waals surface area contributed by atoms with E-state index in [0.29, 0.717) is 11.1 Å². The van der Waals surface area contributed by atoms with Gasteiger partial charge in [0.15, 0.2) is 16.7 Å². The molecule has 0 aliphatic heterocycles. The Bertz CT molecular complexity index is 1690. The molecule has 0 heterocycles. The van der Waals surface area contributed by atoms with Crippen molar-refractivity contribution in [3.63, 3.8) is 0 Å². The number of hydrogen-bond donors (Lipinski definition) is 0. The van der Waals surface area contributed by atoms with E-state index in [1.165, 1.54) is 0 Å². The van der Waals surface area contributed by atoms with E-state index in [1.54, 1.807) is 42.5 Å². The van der Waals surface area contributed by atoms with Crippen molar-refractivity contribution >= 4 is 35.8 Å². The summed E-state index contributed by atoms with van der Waals surface area (Å²) >= 11 is 0. The van der Waals surface area contributed by atoms with Gasteiger partial charge in [0.2, 0.25) is 0 Å². The van der Waals surface area contributed by atoms with E-state index in [1.807, 2.05) is 42.5 Å². The molecule has 0 saturated carbocycles. The third kappa shape index (κ3) is 6.95. The standard InChI is InChI=1S/C39H42O12/c1-46-32(40)28(33(41)47-2)21-30(25-17-11-8-12-18-25)39(36(44)50-5,37(45)51-6)23-31-27-20-14-13-19-26(27)29(24-15-9-7-10-16-24)22-38(31,34(42)48-3)35(43)49-4/h7-20,28-31H,21-23H2,1-6H3. The molecule has 0 bridgehead atoms. The lowest BCUT2D eigenvalue weighted by molar-refractivity contribution is -0.182. The molecule has 12 nitrogen and oxygen atoms in total. The second kappa shape index (κ2) is 16.5. The largest absolute Gasteiger partial charge is 0.468 e. The lowest BCUT2D eigenvalue weighted by Gasteiger charge is -2.47. The highest BCUT2D eigenvalue weighted by Crippen LogP contribution is 2.60. The van der Waals surface area contributed by atoms with Crippen molar-refractivity contribution in [3.8, 4) is 0 Å². The lowest BCUT2D eigenvalue weighted by Crippen LogP contribution is -2.55. The molecule has 51 heavy (non-hydrogen) atoms. The first-order valence-corrected chi connectivity index (χ1v) is 16.2. The number of rotatable bonds is 13. The smallest absolute Gasteiger partial charge is 0.323 e. The fraction of sp³-hybridized carbons (Fsp3) is 0.385. The van der Waals surface area contributed by atoms with E-state index >= 15 is 0 Å². The van der Waals surface area contributed by atoms with Gasteiger partial charge >= 0.3 is 35.8 Å². The molecule has 0 amide bonds. The lowest BCUT2D eigenvalue weighted by atomic mass is 9.53. The maximum absolute atomic E-state index is 14.5. The van der Waals surface area contributed by atoms with Gasteiger partial charge in [-0.25, -0.2) is 0 Å². The summed E-state index contributed by atoms with van der Waals surface area (Å²) in [6.45, 7) is 0. The number of benzene rings is 3. The van der Waals surface area contributed by atoms with Crippen molar-refractivity contribution in [2.75, 3.05) is 42.7 Å². The van der Waals surface area contributed by atoms with Gasteiger partial charge in [0.25, 0.3) is 0 Å². The predicted octanol–water partition coefficient (Wildman–Crippen LogP) is 4.50. The van der Waals surface area contributed by atoms with Crippen LogP contribution in [0, 0.1) is 16.7 Å². The van der Waals surface area contributed by atoms with E-state index < -0.39 is 83.2 Å². The fourth-order valence-corrected chi connectivity index (χ4v) is 7.63. The SMILES string of the molecule is COC(=O)C(CC(c1ccccc1)C(CC1c2ccccc2C(c2ccccc2)CC1(C(=O)OC)C(=O)OC)(C(=O)OC)C(=O)OC)C(=O)OC. The van der Waals surface area contributed by atoms with Crippen LogP contribution in [0.1, 0.15) is 59.3 Å². The molecule has 12 heteroatoms. The predicted molar refractivity (Wildman–Crippen MR) is 181 cm³/mol. The molecule has 0 radical (unpaired) electrons. The maximum Gasteiger partial charge on any atom is 0.323 e. The number of methoxy groups -OCH3 is 6. The van der Waals surface area contributed by atoms with Crippen molar-refractivity contribution in [2.24, 2.45) is 16.7 Å². The summed E-state index contributed by atoms with van der Waals surface area (Å²) < 4.78 is 31.3. The monoisotopic (exact) mass is 702 g/mol.